The Balaban J connectivity index is 1.54. The number of esters is 1. The molecular formula is C23H29N3O8. The van der Waals surface area contributed by atoms with E-state index in [4.69, 9.17) is 18.9 Å². The number of methoxy groups -OCH3 is 3. The number of ether oxygens (including phenoxy) is 4. The number of hydrogen-bond acceptors (Lipinski definition) is 8. The summed E-state index contributed by atoms with van der Waals surface area (Å²) in [4.78, 5) is 49.3. The van der Waals surface area contributed by atoms with Crippen LogP contribution in [0.4, 0.5) is 4.79 Å². The maximum atomic E-state index is 12.8. The molecule has 2 fully saturated rings. The van der Waals surface area contributed by atoms with Gasteiger partial charge in [-0.15, -0.1) is 0 Å². The van der Waals surface area contributed by atoms with Crippen molar-refractivity contribution in [2.45, 2.75) is 38.1 Å². The summed E-state index contributed by atoms with van der Waals surface area (Å²) in [6.07, 6.45) is 5.24. The SMILES string of the molecule is COc1cc(C=CC(=O)OCC(=O)NN2C(=O)NC3(CCC(C)CC3)C2=O)cc(OC)c1OC. The van der Waals surface area contributed by atoms with Crippen LogP contribution in [0, 0.1) is 5.92 Å². The highest BCUT2D eigenvalue weighted by Crippen LogP contribution is 2.38. The molecule has 1 saturated heterocycles. The number of imide groups is 1. The summed E-state index contributed by atoms with van der Waals surface area (Å²) in [5.74, 6) is -0.386. The molecule has 2 aliphatic rings. The van der Waals surface area contributed by atoms with Crippen molar-refractivity contribution in [1.29, 1.82) is 0 Å². The molecule has 1 aromatic rings. The lowest BCUT2D eigenvalue weighted by Crippen LogP contribution is -2.52. The monoisotopic (exact) mass is 475 g/mol. The third-order valence-electron chi connectivity index (χ3n) is 5.97. The summed E-state index contributed by atoms with van der Waals surface area (Å²) >= 11 is 0. The van der Waals surface area contributed by atoms with Gasteiger partial charge in [-0.1, -0.05) is 6.92 Å². The van der Waals surface area contributed by atoms with Gasteiger partial charge in [0, 0.05) is 6.08 Å². The molecule has 1 spiro atoms. The number of hydrogen-bond donors (Lipinski definition) is 2. The quantitative estimate of drug-likeness (QED) is 0.330. The Morgan fingerprint density at radius 3 is 2.29 bits per heavy atom. The van der Waals surface area contributed by atoms with Crippen molar-refractivity contribution in [2.75, 3.05) is 27.9 Å². The van der Waals surface area contributed by atoms with Crippen molar-refractivity contribution in [2.24, 2.45) is 5.92 Å². The number of amides is 4. The second-order valence-electron chi connectivity index (χ2n) is 8.27. The summed E-state index contributed by atoms with van der Waals surface area (Å²) in [5.41, 5.74) is 1.81. The number of carbonyl (C=O) groups excluding carboxylic acids is 4. The first-order chi connectivity index (χ1) is 16.2. The molecule has 0 radical (unpaired) electrons. The van der Waals surface area contributed by atoms with Crippen LogP contribution >= 0.6 is 0 Å². The number of benzene rings is 1. The van der Waals surface area contributed by atoms with Gasteiger partial charge in [0.2, 0.25) is 5.75 Å². The van der Waals surface area contributed by atoms with Crippen molar-refractivity contribution >= 4 is 29.9 Å². The minimum Gasteiger partial charge on any atom is -0.493 e. The van der Waals surface area contributed by atoms with E-state index in [0.717, 1.165) is 18.9 Å². The standard InChI is InChI=1S/C23H29N3O8/c1-14-7-9-23(10-8-14)21(29)26(22(30)24-23)25-18(27)13-34-19(28)6-5-15-11-16(31-2)20(33-4)17(12-15)32-3/h5-6,11-12,14H,7-10,13H2,1-4H3,(H,24,30)(H,25,27). The van der Waals surface area contributed by atoms with Gasteiger partial charge in [-0.05, 0) is 55.4 Å². The molecule has 34 heavy (non-hydrogen) atoms. The molecule has 2 N–H and O–H groups in total. The van der Waals surface area contributed by atoms with E-state index in [1.165, 1.54) is 27.4 Å². The second-order valence-corrected chi connectivity index (χ2v) is 8.27. The van der Waals surface area contributed by atoms with Crippen molar-refractivity contribution < 1.29 is 38.1 Å². The molecule has 184 valence electrons. The Kier molecular flexibility index (Phi) is 7.64. The third-order valence-corrected chi connectivity index (χ3v) is 5.97. The van der Waals surface area contributed by atoms with E-state index in [0.29, 0.717) is 46.6 Å². The zero-order valence-electron chi connectivity index (χ0n) is 19.6. The Bertz CT molecular complexity index is 973. The Labute approximate surface area is 197 Å². The van der Waals surface area contributed by atoms with Gasteiger partial charge in [-0.3, -0.25) is 15.0 Å². The van der Waals surface area contributed by atoms with Crippen LogP contribution < -0.4 is 25.0 Å². The van der Waals surface area contributed by atoms with E-state index >= 15 is 0 Å². The van der Waals surface area contributed by atoms with Gasteiger partial charge in [0.05, 0.1) is 21.3 Å². The van der Waals surface area contributed by atoms with Gasteiger partial charge in [-0.25, -0.2) is 9.59 Å². The largest absolute Gasteiger partial charge is 0.493 e. The maximum absolute atomic E-state index is 12.8. The fourth-order valence-corrected chi connectivity index (χ4v) is 4.02. The van der Waals surface area contributed by atoms with Crippen molar-refractivity contribution in [3.63, 3.8) is 0 Å². The fourth-order valence-electron chi connectivity index (χ4n) is 4.02. The number of rotatable bonds is 8. The van der Waals surface area contributed by atoms with Crippen LogP contribution in [0.25, 0.3) is 6.08 Å². The van der Waals surface area contributed by atoms with Crippen LogP contribution in [0.15, 0.2) is 18.2 Å². The molecule has 0 aromatic heterocycles. The van der Waals surface area contributed by atoms with Crippen LogP contribution in [-0.4, -0.2) is 62.3 Å². The molecule has 11 heteroatoms. The molecule has 0 atom stereocenters. The average Bonchev–Trinajstić information content (AvgIpc) is 3.06. The summed E-state index contributed by atoms with van der Waals surface area (Å²) < 4.78 is 20.7. The number of hydrazine groups is 1. The highest BCUT2D eigenvalue weighted by molar-refractivity contribution is 6.08. The second kappa shape index (κ2) is 10.4. The van der Waals surface area contributed by atoms with Gasteiger partial charge >= 0.3 is 12.0 Å². The zero-order chi connectivity index (χ0) is 24.9. The molecule has 1 aliphatic carbocycles. The highest BCUT2D eigenvalue weighted by atomic mass is 16.5. The summed E-state index contributed by atoms with van der Waals surface area (Å²) in [7, 11) is 4.42. The minimum absolute atomic E-state index is 0.409. The molecule has 3 rings (SSSR count). The maximum Gasteiger partial charge on any atom is 0.344 e. The van der Waals surface area contributed by atoms with Crippen LogP contribution in [0.3, 0.4) is 0 Å². The van der Waals surface area contributed by atoms with Gasteiger partial charge < -0.3 is 24.3 Å². The number of carbonyl (C=O) groups is 4. The molecular weight excluding hydrogens is 446 g/mol. The molecule has 1 aliphatic heterocycles. The first-order valence-electron chi connectivity index (χ1n) is 10.8. The Morgan fingerprint density at radius 2 is 1.74 bits per heavy atom. The lowest BCUT2D eigenvalue weighted by Gasteiger charge is -2.33. The molecule has 1 aromatic carbocycles. The molecule has 4 amide bonds. The highest BCUT2D eigenvalue weighted by Gasteiger charge is 2.52. The average molecular weight is 475 g/mol. The molecule has 0 bridgehead atoms. The van der Waals surface area contributed by atoms with Crippen molar-refractivity contribution in [1.82, 2.24) is 15.8 Å². The molecule has 0 unspecified atom stereocenters. The van der Waals surface area contributed by atoms with E-state index in [1.807, 2.05) is 0 Å². The van der Waals surface area contributed by atoms with E-state index in [-0.39, 0.29) is 0 Å². The zero-order valence-corrected chi connectivity index (χ0v) is 19.6. The van der Waals surface area contributed by atoms with Gasteiger partial charge in [-0.2, -0.15) is 5.01 Å². The van der Waals surface area contributed by atoms with E-state index in [2.05, 4.69) is 17.7 Å². The molecule has 11 nitrogen and oxygen atoms in total. The number of urea groups is 1. The van der Waals surface area contributed by atoms with E-state index < -0.39 is 36.0 Å². The fraction of sp³-hybridized carbons (Fsp3) is 0.478. The normalized spacial score (nSPS) is 22.0. The van der Waals surface area contributed by atoms with Gasteiger partial charge in [0.25, 0.3) is 11.8 Å². The predicted octanol–water partition coefficient (Wildman–Crippen LogP) is 1.80. The number of nitrogens with zero attached hydrogens (tertiary/aromatic N) is 1. The first-order valence-corrected chi connectivity index (χ1v) is 10.8. The van der Waals surface area contributed by atoms with E-state index in [1.54, 1.807) is 12.1 Å². The molecule has 1 saturated carbocycles. The van der Waals surface area contributed by atoms with Crippen molar-refractivity contribution in [3.05, 3.63) is 23.8 Å². The van der Waals surface area contributed by atoms with Crippen LogP contribution in [0.1, 0.15) is 38.2 Å². The first kappa shape index (κ1) is 24.9. The van der Waals surface area contributed by atoms with Gasteiger partial charge in [0.15, 0.2) is 18.1 Å². The lowest BCUT2D eigenvalue weighted by atomic mass is 9.77. The van der Waals surface area contributed by atoms with Crippen LogP contribution in [0.5, 0.6) is 17.2 Å². The Hall–Kier alpha value is -3.76. The lowest BCUT2D eigenvalue weighted by molar-refractivity contribution is -0.147. The van der Waals surface area contributed by atoms with Crippen LogP contribution in [0.2, 0.25) is 0 Å². The smallest absolute Gasteiger partial charge is 0.344 e. The third kappa shape index (κ3) is 5.24. The summed E-state index contributed by atoms with van der Waals surface area (Å²) in [5, 5.41) is 3.36. The predicted molar refractivity (Wildman–Crippen MR) is 120 cm³/mol. The molecule has 1 heterocycles. The van der Waals surface area contributed by atoms with E-state index in [9.17, 15) is 19.2 Å². The van der Waals surface area contributed by atoms with Gasteiger partial charge in [0.1, 0.15) is 5.54 Å². The summed E-state index contributed by atoms with van der Waals surface area (Å²) in [6.45, 7) is 1.43. The van der Waals surface area contributed by atoms with Crippen LogP contribution in [-0.2, 0) is 19.1 Å². The Morgan fingerprint density at radius 1 is 1.12 bits per heavy atom. The minimum atomic E-state index is -0.975. The summed E-state index contributed by atoms with van der Waals surface area (Å²) in [6, 6.07) is 2.58. The van der Waals surface area contributed by atoms with Crippen molar-refractivity contribution in [3.8, 4) is 17.2 Å². The number of nitrogens with one attached hydrogen (secondary N) is 2. The topological polar surface area (TPSA) is 132 Å².